The standard InChI is InChI=1S/C21H25FN2OS/c1-2-17-8-3-4-11-20(17)23-21(26)24(15-19-10-6-12-25-19)14-16-7-5-9-18(22)13-16/h3-5,7-9,11,13,19H,2,6,10,12,14-15H2,1H3,(H,23,26). The lowest BCUT2D eigenvalue weighted by atomic mass is 10.1. The molecule has 1 aliphatic rings. The molecular formula is C21H25FN2OS. The third-order valence-electron chi connectivity index (χ3n) is 4.64. The zero-order valence-corrected chi connectivity index (χ0v) is 15.9. The lowest BCUT2D eigenvalue weighted by Crippen LogP contribution is -2.39. The summed E-state index contributed by atoms with van der Waals surface area (Å²) in [5.41, 5.74) is 3.14. The normalized spacial score (nSPS) is 16.5. The van der Waals surface area contributed by atoms with Crippen molar-refractivity contribution in [1.29, 1.82) is 0 Å². The Bertz CT molecular complexity index is 746. The van der Waals surface area contributed by atoms with Crippen LogP contribution in [0.15, 0.2) is 48.5 Å². The monoisotopic (exact) mass is 372 g/mol. The van der Waals surface area contributed by atoms with Crippen molar-refractivity contribution in [2.45, 2.75) is 38.8 Å². The average molecular weight is 373 g/mol. The number of ether oxygens (including phenoxy) is 1. The maximum Gasteiger partial charge on any atom is 0.173 e. The van der Waals surface area contributed by atoms with Gasteiger partial charge in [0.1, 0.15) is 5.82 Å². The van der Waals surface area contributed by atoms with Gasteiger partial charge in [-0.15, -0.1) is 0 Å². The van der Waals surface area contributed by atoms with Crippen molar-refractivity contribution in [3.05, 3.63) is 65.5 Å². The third kappa shape index (κ3) is 5.02. The molecule has 1 saturated heterocycles. The van der Waals surface area contributed by atoms with Gasteiger partial charge < -0.3 is 15.0 Å². The number of rotatable bonds is 6. The Morgan fingerprint density at radius 3 is 2.85 bits per heavy atom. The van der Waals surface area contributed by atoms with Gasteiger partial charge >= 0.3 is 0 Å². The second-order valence-electron chi connectivity index (χ2n) is 6.59. The highest BCUT2D eigenvalue weighted by Crippen LogP contribution is 2.19. The molecule has 1 unspecified atom stereocenters. The van der Waals surface area contributed by atoms with Crippen LogP contribution in [-0.4, -0.2) is 29.3 Å². The number of thiocarbonyl (C=S) groups is 1. The molecule has 0 aromatic heterocycles. The first-order valence-corrected chi connectivity index (χ1v) is 9.56. The summed E-state index contributed by atoms with van der Waals surface area (Å²) in [6.07, 6.45) is 3.22. The van der Waals surface area contributed by atoms with Crippen LogP contribution in [0.1, 0.15) is 30.9 Å². The van der Waals surface area contributed by atoms with Gasteiger partial charge in [-0.05, 0) is 60.8 Å². The molecule has 2 aromatic carbocycles. The summed E-state index contributed by atoms with van der Waals surface area (Å²) in [7, 11) is 0. The Hall–Kier alpha value is -1.98. The minimum absolute atomic E-state index is 0.171. The number of aryl methyl sites for hydroxylation is 1. The van der Waals surface area contributed by atoms with Crippen molar-refractivity contribution < 1.29 is 9.13 Å². The first-order valence-electron chi connectivity index (χ1n) is 9.15. The maximum atomic E-state index is 13.6. The Labute approximate surface area is 160 Å². The zero-order valence-electron chi connectivity index (χ0n) is 15.1. The fraction of sp³-hybridized carbons (Fsp3) is 0.381. The van der Waals surface area contributed by atoms with Crippen molar-refractivity contribution in [3.63, 3.8) is 0 Å². The molecule has 26 heavy (non-hydrogen) atoms. The highest BCUT2D eigenvalue weighted by atomic mass is 32.1. The summed E-state index contributed by atoms with van der Waals surface area (Å²) in [5, 5.41) is 4.02. The van der Waals surface area contributed by atoms with E-state index in [9.17, 15) is 4.39 Å². The SMILES string of the molecule is CCc1ccccc1NC(=S)N(Cc1cccc(F)c1)CC1CCCO1. The molecule has 138 valence electrons. The highest BCUT2D eigenvalue weighted by Gasteiger charge is 2.21. The van der Waals surface area contributed by atoms with Crippen molar-refractivity contribution >= 4 is 23.0 Å². The maximum absolute atomic E-state index is 13.6. The molecule has 5 heteroatoms. The van der Waals surface area contributed by atoms with Crippen LogP contribution in [0.3, 0.4) is 0 Å². The Balaban J connectivity index is 1.75. The van der Waals surface area contributed by atoms with E-state index in [1.54, 1.807) is 12.1 Å². The quantitative estimate of drug-likeness (QED) is 0.739. The number of hydrogen-bond acceptors (Lipinski definition) is 2. The summed E-state index contributed by atoms with van der Waals surface area (Å²) in [6, 6.07) is 14.9. The number of nitrogens with one attached hydrogen (secondary N) is 1. The minimum Gasteiger partial charge on any atom is -0.376 e. The van der Waals surface area contributed by atoms with Gasteiger partial charge in [0.15, 0.2) is 5.11 Å². The van der Waals surface area contributed by atoms with Crippen molar-refractivity contribution in [2.75, 3.05) is 18.5 Å². The summed E-state index contributed by atoms with van der Waals surface area (Å²) in [6.45, 7) is 4.19. The van der Waals surface area contributed by atoms with Crippen molar-refractivity contribution in [3.8, 4) is 0 Å². The van der Waals surface area contributed by atoms with Crippen LogP contribution in [0.4, 0.5) is 10.1 Å². The van der Waals surface area contributed by atoms with Crippen molar-refractivity contribution in [2.24, 2.45) is 0 Å². The van der Waals surface area contributed by atoms with Gasteiger partial charge in [-0.25, -0.2) is 4.39 Å². The van der Waals surface area contributed by atoms with E-state index in [0.29, 0.717) is 18.2 Å². The average Bonchev–Trinajstić information content (AvgIpc) is 3.15. The van der Waals surface area contributed by atoms with Gasteiger partial charge in [-0.3, -0.25) is 0 Å². The van der Waals surface area contributed by atoms with Gasteiger partial charge in [-0.2, -0.15) is 0 Å². The van der Waals surface area contributed by atoms with Gasteiger partial charge in [-0.1, -0.05) is 37.3 Å². The molecule has 1 heterocycles. The molecule has 0 saturated carbocycles. The van der Waals surface area contributed by atoms with Crippen LogP contribution in [0.5, 0.6) is 0 Å². The fourth-order valence-electron chi connectivity index (χ4n) is 3.25. The molecule has 0 amide bonds. The molecule has 1 atom stereocenters. The van der Waals surface area contributed by atoms with E-state index in [0.717, 1.165) is 37.1 Å². The Morgan fingerprint density at radius 2 is 2.12 bits per heavy atom. The molecule has 0 aliphatic carbocycles. The smallest absolute Gasteiger partial charge is 0.173 e. The number of hydrogen-bond donors (Lipinski definition) is 1. The summed E-state index contributed by atoms with van der Waals surface area (Å²) in [4.78, 5) is 2.08. The molecule has 0 radical (unpaired) electrons. The van der Waals surface area contributed by atoms with E-state index in [2.05, 4.69) is 23.2 Å². The predicted octanol–water partition coefficient (Wildman–Crippen LogP) is 4.77. The van der Waals surface area contributed by atoms with E-state index >= 15 is 0 Å². The number of para-hydroxylation sites is 1. The largest absolute Gasteiger partial charge is 0.376 e. The predicted molar refractivity (Wildman–Crippen MR) is 108 cm³/mol. The number of benzene rings is 2. The van der Waals surface area contributed by atoms with Crippen LogP contribution in [0, 0.1) is 5.82 Å². The minimum atomic E-state index is -0.227. The highest BCUT2D eigenvalue weighted by molar-refractivity contribution is 7.80. The summed E-state index contributed by atoms with van der Waals surface area (Å²) in [5.74, 6) is -0.227. The van der Waals surface area contributed by atoms with Crippen LogP contribution in [0.25, 0.3) is 0 Å². The number of anilines is 1. The van der Waals surface area contributed by atoms with Crippen molar-refractivity contribution in [1.82, 2.24) is 4.90 Å². The van der Waals surface area contributed by atoms with E-state index in [4.69, 9.17) is 17.0 Å². The molecular weight excluding hydrogens is 347 g/mol. The molecule has 0 bridgehead atoms. The first-order chi connectivity index (χ1) is 12.7. The van der Waals surface area contributed by atoms with Gasteiger partial charge in [0, 0.05) is 25.4 Å². The van der Waals surface area contributed by atoms with E-state index in [1.165, 1.54) is 11.6 Å². The Kier molecular flexibility index (Phi) is 6.58. The van der Waals surface area contributed by atoms with Crippen LogP contribution < -0.4 is 5.32 Å². The topological polar surface area (TPSA) is 24.5 Å². The summed E-state index contributed by atoms with van der Waals surface area (Å²) < 4.78 is 19.4. The summed E-state index contributed by atoms with van der Waals surface area (Å²) >= 11 is 5.70. The van der Waals surface area contributed by atoms with Crippen LogP contribution in [-0.2, 0) is 17.7 Å². The van der Waals surface area contributed by atoms with E-state index in [1.807, 2.05) is 24.3 Å². The molecule has 3 rings (SSSR count). The molecule has 1 aliphatic heterocycles. The lowest BCUT2D eigenvalue weighted by Gasteiger charge is -2.29. The van der Waals surface area contributed by atoms with Crippen LogP contribution >= 0.6 is 12.2 Å². The number of halogens is 1. The molecule has 1 N–H and O–H groups in total. The zero-order chi connectivity index (χ0) is 18.4. The van der Waals surface area contributed by atoms with E-state index < -0.39 is 0 Å². The second-order valence-corrected chi connectivity index (χ2v) is 6.97. The Morgan fingerprint density at radius 1 is 1.27 bits per heavy atom. The molecule has 1 fully saturated rings. The lowest BCUT2D eigenvalue weighted by molar-refractivity contribution is 0.0905. The van der Waals surface area contributed by atoms with E-state index in [-0.39, 0.29) is 11.9 Å². The van der Waals surface area contributed by atoms with Gasteiger partial charge in [0.25, 0.3) is 0 Å². The third-order valence-corrected chi connectivity index (χ3v) is 5.00. The second kappa shape index (κ2) is 9.10. The van der Waals surface area contributed by atoms with Gasteiger partial charge in [0.2, 0.25) is 0 Å². The molecule has 0 spiro atoms. The van der Waals surface area contributed by atoms with Gasteiger partial charge in [0.05, 0.1) is 6.10 Å². The number of nitrogens with zero attached hydrogens (tertiary/aromatic N) is 1. The molecule has 3 nitrogen and oxygen atoms in total. The van der Waals surface area contributed by atoms with Crippen LogP contribution in [0.2, 0.25) is 0 Å². The molecule has 2 aromatic rings. The fourth-order valence-corrected chi connectivity index (χ4v) is 3.50. The first kappa shape index (κ1) is 18.8.